The third kappa shape index (κ3) is 2.95. The minimum Gasteiger partial charge on any atom is -0.354 e. The Bertz CT molecular complexity index is 663. The number of amides is 1. The first kappa shape index (κ1) is 13.8. The Kier molecular flexibility index (Phi) is 3.70. The maximum atomic E-state index is 14.1. The molecule has 0 spiro atoms. The summed E-state index contributed by atoms with van der Waals surface area (Å²) in [6.07, 6.45) is 3.96. The van der Waals surface area contributed by atoms with Crippen molar-refractivity contribution in [1.82, 2.24) is 20.4 Å². The lowest BCUT2D eigenvalue weighted by Crippen LogP contribution is -2.20. The van der Waals surface area contributed by atoms with E-state index < -0.39 is 0 Å². The Morgan fingerprint density at radius 2 is 2.24 bits per heavy atom. The van der Waals surface area contributed by atoms with E-state index >= 15 is 0 Å². The molecule has 3 rings (SSSR count). The highest BCUT2D eigenvalue weighted by molar-refractivity contribution is 5.91. The fraction of sp³-hybridized carbons (Fsp3) is 0.333. The van der Waals surface area contributed by atoms with Crippen LogP contribution < -0.4 is 10.6 Å². The van der Waals surface area contributed by atoms with E-state index in [1.54, 1.807) is 31.4 Å². The van der Waals surface area contributed by atoms with Gasteiger partial charge in [-0.1, -0.05) is 6.07 Å². The second kappa shape index (κ2) is 5.65. The lowest BCUT2D eigenvalue weighted by atomic mass is 10.1. The largest absolute Gasteiger partial charge is 0.354 e. The van der Waals surface area contributed by atoms with Crippen molar-refractivity contribution in [3.05, 3.63) is 47.5 Å². The Morgan fingerprint density at radius 3 is 2.95 bits per heavy atom. The first-order valence-electron chi connectivity index (χ1n) is 6.98. The highest BCUT2D eigenvalue weighted by atomic mass is 19.1. The average molecular weight is 288 g/mol. The Morgan fingerprint density at radius 1 is 1.43 bits per heavy atom. The molecule has 1 saturated carbocycles. The van der Waals surface area contributed by atoms with Crippen molar-refractivity contribution >= 4 is 5.91 Å². The van der Waals surface area contributed by atoms with Gasteiger partial charge < -0.3 is 10.6 Å². The number of halogens is 1. The maximum Gasteiger partial charge on any atom is 0.271 e. The summed E-state index contributed by atoms with van der Waals surface area (Å²) in [5, 5.41) is 10.0. The monoisotopic (exact) mass is 288 g/mol. The number of hydrogen-bond acceptors (Lipinski definition) is 3. The van der Waals surface area contributed by atoms with Gasteiger partial charge in [0, 0.05) is 31.4 Å². The molecule has 0 saturated heterocycles. The van der Waals surface area contributed by atoms with Crippen LogP contribution in [-0.2, 0) is 6.54 Å². The van der Waals surface area contributed by atoms with Crippen molar-refractivity contribution in [3.8, 4) is 5.69 Å². The van der Waals surface area contributed by atoms with Crippen molar-refractivity contribution in [2.45, 2.75) is 25.4 Å². The normalized spacial score (nSPS) is 14.2. The Balaban J connectivity index is 1.91. The van der Waals surface area contributed by atoms with Crippen LogP contribution in [0.15, 0.2) is 30.5 Å². The second-order valence-corrected chi connectivity index (χ2v) is 5.12. The molecule has 6 heteroatoms. The van der Waals surface area contributed by atoms with Crippen LogP contribution in [-0.4, -0.2) is 28.8 Å². The molecule has 1 aliphatic carbocycles. The molecule has 0 unspecified atom stereocenters. The zero-order chi connectivity index (χ0) is 14.8. The van der Waals surface area contributed by atoms with Crippen molar-refractivity contribution in [2.24, 2.45) is 0 Å². The van der Waals surface area contributed by atoms with Gasteiger partial charge in [0.05, 0.1) is 5.69 Å². The van der Waals surface area contributed by atoms with Crippen LogP contribution in [0.1, 0.15) is 28.9 Å². The summed E-state index contributed by atoms with van der Waals surface area (Å²) in [5.74, 6) is -0.527. The Labute approximate surface area is 122 Å². The van der Waals surface area contributed by atoms with Gasteiger partial charge in [0.25, 0.3) is 5.91 Å². The minimum absolute atomic E-state index is 0.261. The van der Waals surface area contributed by atoms with Crippen molar-refractivity contribution in [2.75, 3.05) is 7.05 Å². The Hall–Kier alpha value is -2.21. The average Bonchev–Trinajstić information content (AvgIpc) is 3.19. The third-order valence-electron chi connectivity index (χ3n) is 3.53. The first-order chi connectivity index (χ1) is 10.2. The molecule has 1 fully saturated rings. The summed E-state index contributed by atoms with van der Waals surface area (Å²) in [5.41, 5.74) is 1.53. The quantitative estimate of drug-likeness (QED) is 0.879. The zero-order valence-electron chi connectivity index (χ0n) is 11.8. The molecule has 0 aliphatic heterocycles. The molecule has 1 amide bonds. The second-order valence-electron chi connectivity index (χ2n) is 5.12. The van der Waals surface area contributed by atoms with E-state index in [0.29, 0.717) is 29.5 Å². The lowest BCUT2D eigenvalue weighted by Gasteiger charge is -2.11. The maximum absolute atomic E-state index is 14.1. The van der Waals surface area contributed by atoms with Gasteiger partial charge in [-0.2, -0.15) is 5.10 Å². The SMILES string of the molecule is CNC(=O)c1ccn(-c2cccc(F)c2CNC2CC2)n1. The van der Waals surface area contributed by atoms with Crippen LogP contribution in [0.2, 0.25) is 0 Å². The molecule has 1 aromatic heterocycles. The molecule has 110 valence electrons. The highest BCUT2D eigenvalue weighted by Crippen LogP contribution is 2.22. The minimum atomic E-state index is -0.266. The van der Waals surface area contributed by atoms with Gasteiger partial charge in [-0.05, 0) is 31.0 Å². The molecule has 2 N–H and O–H groups in total. The van der Waals surface area contributed by atoms with Gasteiger partial charge in [-0.25, -0.2) is 9.07 Å². The summed E-state index contributed by atoms with van der Waals surface area (Å²) in [7, 11) is 1.55. The van der Waals surface area contributed by atoms with Gasteiger partial charge in [0.15, 0.2) is 5.69 Å². The number of nitrogens with one attached hydrogen (secondary N) is 2. The zero-order valence-corrected chi connectivity index (χ0v) is 11.8. The van der Waals surface area contributed by atoms with Crippen LogP contribution in [0.3, 0.4) is 0 Å². The van der Waals surface area contributed by atoms with E-state index in [9.17, 15) is 9.18 Å². The summed E-state index contributed by atoms with van der Waals surface area (Å²) in [6, 6.07) is 7.00. The number of carbonyl (C=O) groups excluding carboxylic acids is 1. The molecule has 0 radical (unpaired) electrons. The molecule has 2 aromatic rings. The standard InChI is InChI=1S/C15H17FN4O/c1-17-15(21)13-7-8-20(19-13)14-4-2-3-12(16)11(14)9-18-10-5-6-10/h2-4,7-8,10,18H,5-6,9H2,1H3,(H,17,21). The lowest BCUT2D eigenvalue weighted by molar-refractivity contribution is 0.0957. The van der Waals surface area contributed by atoms with Crippen LogP contribution >= 0.6 is 0 Å². The number of nitrogens with zero attached hydrogens (tertiary/aromatic N) is 2. The van der Waals surface area contributed by atoms with Crippen molar-refractivity contribution in [1.29, 1.82) is 0 Å². The van der Waals surface area contributed by atoms with Gasteiger partial charge in [0.1, 0.15) is 5.82 Å². The molecular formula is C15H17FN4O. The molecular weight excluding hydrogens is 271 g/mol. The third-order valence-corrected chi connectivity index (χ3v) is 3.53. The summed E-state index contributed by atoms with van der Waals surface area (Å²) in [6.45, 7) is 0.460. The van der Waals surface area contributed by atoms with Crippen molar-refractivity contribution in [3.63, 3.8) is 0 Å². The predicted molar refractivity (Wildman–Crippen MR) is 76.8 cm³/mol. The van der Waals surface area contributed by atoms with E-state index in [1.807, 2.05) is 0 Å². The highest BCUT2D eigenvalue weighted by Gasteiger charge is 2.22. The molecule has 5 nitrogen and oxygen atoms in total. The van der Waals surface area contributed by atoms with E-state index in [4.69, 9.17) is 0 Å². The smallest absolute Gasteiger partial charge is 0.271 e. The van der Waals surface area contributed by atoms with Gasteiger partial charge in [0.2, 0.25) is 0 Å². The molecule has 0 atom stereocenters. The van der Waals surface area contributed by atoms with E-state index in [1.165, 1.54) is 10.7 Å². The van der Waals surface area contributed by atoms with Crippen LogP contribution in [0.25, 0.3) is 5.69 Å². The van der Waals surface area contributed by atoms with Gasteiger partial charge >= 0.3 is 0 Å². The summed E-state index contributed by atoms with van der Waals surface area (Å²) < 4.78 is 15.6. The first-order valence-corrected chi connectivity index (χ1v) is 6.98. The molecule has 1 aliphatic rings. The van der Waals surface area contributed by atoms with Crippen LogP contribution in [0, 0.1) is 5.82 Å². The predicted octanol–water partition coefficient (Wildman–Crippen LogP) is 1.62. The fourth-order valence-corrected chi connectivity index (χ4v) is 2.18. The molecule has 0 bridgehead atoms. The number of rotatable bonds is 5. The number of carbonyl (C=O) groups is 1. The number of hydrogen-bond donors (Lipinski definition) is 2. The topological polar surface area (TPSA) is 59.0 Å². The summed E-state index contributed by atoms with van der Waals surface area (Å²) >= 11 is 0. The van der Waals surface area contributed by atoms with Crippen molar-refractivity contribution < 1.29 is 9.18 Å². The number of benzene rings is 1. The summed E-state index contributed by atoms with van der Waals surface area (Å²) in [4.78, 5) is 11.6. The van der Waals surface area contributed by atoms with E-state index in [0.717, 1.165) is 12.8 Å². The molecule has 1 aromatic carbocycles. The van der Waals surface area contributed by atoms with Crippen LogP contribution in [0.4, 0.5) is 4.39 Å². The number of aromatic nitrogens is 2. The van der Waals surface area contributed by atoms with E-state index in [-0.39, 0.29) is 11.7 Å². The molecule has 21 heavy (non-hydrogen) atoms. The fourth-order valence-electron chi connectivity index (χ4n) is 2.18. The van der Waals surface area contributed by atoms with E-state index in [2.05, 4.69) is 15.7 Å². The van der Waals surface area contributed by atoms with Gasteiger partial charge in [-0.3, -0.25) is 4.79 Å². The molecule has 1 heterocycles. The van der Waals surface area contributed by atoms with Gasteiger partial charge in [-0.15, -0.1) is 0 Å². The van der Waals surface area contributed by atoms with Crippen LogP contribution in [0.5, 0.6) is 0 Å².